The average molecular weight is 349 g/mol. The summed E-state index contributed by atoms with van der Waals surface area (Å²) in [4.78, 5) is 0. The van der Waals surface area contributed by atoms with Gasteiger partial charge < -0.3 is 0 Å². The fourth-order valence-corrected chi connectivity index (χ4v) is 8.85. The molecule has 4 heteroatoms. The van der Waals surface area contributed by atoms with Gasteiger partial charge in [0, 0.05) is 10.5 Å². The lowest BCUT2D eigenvalue weighted by Gasteiger charge is -2.33. The minimum atomic E-state index is 0.998. The van der Waals surface area contributed by atoms with Crippen molar-refractivity contribution in [1.82, 2.24) is 0 Å². The maximum Gasteiger partial charge on any atom is 0.00809 e. The van der Waals surface area contributed by atoms with Crippen molar-refractivity contribution in [2.45, 2.75) is 49.0 Å². The molecule has 0 aromatic heterocycles. The first-order chi connectivity index (χ1) is 9.85. The van der Waals surface area contributed by atoms with Crippen molar-refractivity contribution in [1.29, 1.82) is 0 Å². The van der Waals surface area contributed by atoms with Gasteiger partial charge in [-0.2, -0.15) is 48.8 Å². The zero-order chi connectivity index (χ0) is 13.9. The molecule has 3 saturated carbocycles. The van der Waals surface area contributed by atoms with Gasteiger partial charge in [0.2, 0.25) is 0 Å². The molecule has 0 spiro atoms. The van der Waals surface area contributed by atoms with E-state index in [0.29, 0.717) is 0 Å². The molecule has 3 fully saturated rings. The highest BCUT2D eigenvalue weighted by molar-refractivity contribution is 8.00. The molecule has 6 atom stereocenters. The van der Waals surface area contributed by atoms with Crippen LogP contribution in [0.4, 0.5) is 0 Å². The van der Waals surface area contributed by atoms with Crippen molar-refractivity contribution in [3.8, 4) is 0 Å². The van der Waals surface area contributed by atoms with Crippen molar-refractivity contribution in [2.75, 3.05) is 23.0 Å². The van der Waals surface area contributed by atoms with E-state index >= 15 is 0 Å². The zero-order valence-corrected chi connectivity index (χ0v) is 15.7. The number of thiol groups is 2. The third-order valence-corrected chi connectivity index (χ3v) is 9.29. The van der Waals surface area contributed by atoms with Gasteiger partial charge in [-0.3, -0.25) is 0 Å². The third-order valence-electron chi connectivity index (χ3n) is 5.66. The Morgan fingerprint density at radius 2 is 1.50 bits per heavy atom. The van der Waals surface area contributed by atoms with Crippen LogP contribution >= 0.6 is 48.8 Å². The Morgan fingerprint density at radius 3 is 2.20 bits per heavy atom. The average Bonchev–Trinajstić information content (AvgIpc) is 3.11. The number of fused-ring (bicyclic) bond motifs is 5. The third kappa shape index (κ3) is 3.33. The van der Waals surface area contributed by atoms with Crippen molar-refractivity contribution in [2.24, 2.45) is 23.7 Å². The first-order valence-electron chi connectivity index (χ1n) is 8.30. The summed E-state index contributed by atoms with van der Waals surface area (Å²) in [5.41, 5.74) is 0. The molecule has 3 aliphatic carbocycles. The molecule has 0 aromatic carbocycles. The Labute approximate surface area is 144 Å². The Hall–Kier alpha value is 1.40. The van der Waals surface area contributed by atoms with E-state index in [4.69, 9.17) is 0 Å². The molecule has 3 aliphatic rings. The van der Waals surface area contributed by atoms with Crippen molar-refractivity contribution in [3.05, 3.63) is 0 Å². The van der Waals surface area contributed by atoms with Crippen LogP contribution in [0.2, 0.25) is 0 Å². The normalized spacial score (nSPS) is 42.3. The maximum absolute atomic E-state index is 4.35. The molecular formula is C16H28S4. The van der Waals surface area contributed by atoms with E-state index < -0.39 is 0 Å². The van der Waals surface area contributed by atoms with Gasteiger partial charge in [-0.15, -0.1) is 0 Å². The van der Waals surface area contributed by atoms with E-state index in [0.717, 1.165) is 45.7 Å². The second-order valence-corrected chi connectivity index (χ2v) is 10.3. The van der Waals surface area contributed by atoms with Gasteiger partial charge >= 0.3 is 0 Å². The first kappa shape index (κ1) is 16.3. The van der Waals surface area contributed by atoms with Gasteiger partial charge in [-0.05, 0) is 85.2 Å². The second kappa shape index (κ2) is 7.79. The van der Waals surface area contributed by atoms with Crippen LogP contribution in [0.15, 0.2) is 0 Å². The van der Waals surface area contributed by atoms with Gasteiger partial charge in [-0.25, -0.2) is 0 Å². The van der Waals surface area contributed by atoms with E-state index in [1.807, 2.05) is 0 Å². The lowest BCUT2D eigenvalue weighted by atomic mass is 9.81. The number of thioether (sulfide) groups is 2. The highest BCUT2D eigenvalue weighted by Crippen LogP contribution is 2.63. The predicted molar refractivity (Wildman–Crippen MR) is 102 cm³/mol. The van der Waals surface area contributed by atoms with Gasteiger partial charge in [0.1, 0.15) is 0 Å². The number of hydrogen-bond donors (Lipinski definition) is 2. The van der Waals surface area contributed by atoms with Crippen LogP contribution in [0.1, 0.15) is 38.5 Å². The van der Waals surface area contributed by atoms with Crippen LogP contribution in [0.5, 0.6) is 0 Å². The van der Waals surface area contributed by atoms with Crippen LogP contribution < -0.4 is 0 Å². The Morgan fingerprint density at radius 1 is 0.800 bits per heavy atom. The van der Waals surface area contributed by atoms with E-state index in [1.165, 1.54) is 43.6 Å². The van der Waals surface area contributed by atoms with E-state index in [1.54, 1.807) is 6.42 Å². The monoisotopic (exact) mass is 348 g/mol. The van der Waals surface area contributed by atoms with Gasteiger partial charge in [-0.1, -0.05) is 0 Å². The van der Waals surface area contributed by atoms with Crippen molar-refractivity contribution >= 4 is 48.8 Å². The number of rotatable bonds is 8. The van der Waals surface area contributed by atoms with Crippen molar-refractivity contribution < 1.29 is 0 Å². The SMILES string of the molecule is SCCCSC1CC2CC1C1CCC(SCCCS)C21. The summed E-state index contributed by atoms with van der Waals surface area (Å²) in [6.07, 6.45) is 8.72. The molecule has 0 radical (unpaired) electrons. The summed E-state index contributed by atoms with van der Waals surface area (Å²) in [7, 11) is 0. The molecule has 116 valence electrons. The van der Waals surface area contributed by atoms with Gasteiger partial charge in [0.15, 0.2) is 0 Å². The summed E-state index contributed by atoms with van der Waals surface area (Å²) < 4.78 is 0. The largest absolute Gasteiger partial charge is 0.179 e. The lowest BCUT2D eigenvalue weighted by Crippen LogP contribution is -2.30. The second-order valence-electron chi connectivity index (χ2n) is 6.69. The van der Waals surface area contributed by atoms with E-state index in [9.17, 15) is 0 Å². The van der Waals surface area contributed by atoms with E-state index in [-0.39, 0.29) is 0 Å². The summed E-state index contributed by atoms with van der Waals surface area (Å²) in [5, 5.41) is 2.00. The number of hydrogen-bond acceptors (Lipinski definition) is 4. The quantitative estimate of drug-likeness (QED) is 0.473. The molecule has 6 unspecified atom stereocenters. The minimum Gasteiger partial charge on any atom is -0.179 e. The summed E-state index contributed by atoms with van der Waals surface area (Å²) >= 11 is 13.2. The summed E-state index contributed by atoms with van der Waals surface area (Å²) in [5.74, 6) is 9.14. The van der Waals surface area contributed by atoms with E-state index in [2.05, 4.69) is 48.8 Å². The zero-order valence-electron chi connectivity index (χ0n) is 12.2. The molecule has 0 heterocycles. The Bertz CT molecular complexity index is 309. The predicted octanol–water partition coefficient (Wildman–Crippen LogP) is 4.90. The minimum absolute atomic E-state index is 0.998. The summed E-state index contributed by atoms with van der Waals surface area (Å²) in [6, 6.07) is 0. The highest BCUT2D eigenvalue weighted by Gasteiger charge is 2.56. The van der Waals surface area contributed by atoms with Crippen LogP contribution in [0.25, 0.3) is 0 Å². The van der Waals surface area contributed by atoms with Crippen LogP contribution in [0.3, 0.4) is 0 Å². The van der Waals surface area contributed by atoms with Gasteiger partial charge in [0.25, 0.3) is 0 Å². The standard InChI is InChI=1S/C16H28S4/c17-5-1-7-19-14-4-3-12-13-9-11(16(12)14)10-15(13)20-8-2-6-18/h11-18H,1-10H2. The molecule has 2 bridgehead atoms. The molecule has 0 N–H and O–H groups in total. The molecule has 20 heavy (non-hydrogen) atoms. The topological polar surface area (TPSA) is 0 Å². The van der Waals surface area contributed by atoms with Crippen molar-refractivity contribution in [3.63, 3.8) is 0 Å². The van der Waals surface area contributed by atoms with Gasteiger partial charge in [0.05, 0.1) is 0 Å². The molecule has 0 nitrogen and oxygen atoms in total. The molecule has 0 amide bonds. The summed E-state index contributed by atoms with van der Waals surface area (Å²) in [6.45, 7) is 0. The van der Waals surface area contributed by atoms with Crippen LogP contribution in [0, 0.1) is 23.7 Å². The smallest absolute Gasteiger partial charge is 0.00809 e. The Balaban J connectivity index is 1.50. The van der Waals surface area contributed by atoms with Crippen LogP contribution in [-0.4, -0.2) is 33.5 Å². The fraction of sp³-hybridized carbons (Fsp3) is 1.00. The lowest BCUT2D eigenvalue weighted by molar-refractivity contribution is 0.270. The molecule has 0 aliphatic heterocycles. The highest BCUT2D eigenvalue weighted by atomic mass is 32.2. The molecule has 0 aromatic rings. The molecular weight excluding hydrogens is 320 g/mol. The fourth-order valence-electron chi connectivity index (χ4n) is 4.99. The van der Waals surface area contributed by atoms with Crippen LogP contribution in [-0.2, 0) is 0 Å². The first-order valence-corrected chi connectivity index (χ1v) is 11.7. The maximum atomic E-state index is 4.35. The molecule has 3 rings (SSSR count). The Kier molecular flexibility index (Phi) is 6.33. The molecule has 0 saturated heterocycles.